The molecule has 5 heteroatoms. The number of hydrazine groups is 1. The van der Waals surface area contributed by atoms with E-state index in [4.69, 9.17) is 15.3 Å². The predicted octanol–water partition coefficient (Wildman–Crippen LogP) is 0.500. The molecule has 1 saturated heterocycles. The van der Waals surface area contributed by atoms with Gasteiger partial charge in [-0.25, -0.2) is 0 Å². The molecule has 2 fully saturated rings. The third-order valence-corrected chi connectivity index (χ3v) is 4.45. The Kier molecular flexibility index (Phi) is 5.38. The first-order valence-corrected chi connectivity index (χ1v) is 7.20. The van der Waals surface area contributed by atoms with Crippen LogP contribution in [0.15, 0.2) is 0 Å². The zero-order chi connectivity index (χ0) is 12.8. The summed E-state index contributed by atoms with van der Waals surface area (Å²) in [6.45, 7) is 7.20. The zero-order valence-corrected chi connectivity index (χ0v) is 11.5. The average molecular weight is 257 g/mol. The van der Waals surface area contributed by atoms with E-state index in [1.54, 1.807) is 0 Å². The summed E-state index contributed by atoms with van der Waals surface area (Å²) in [5.74, 6) is 5.80. The summed E-state index contributed by atoms with van der Waals surface area (Å²) in [6.07, 6.45) is 5.02. The molecule has 18 heavy (non-hydrogen) atoms. The van der Waals surface area contributed by atoms with Gasteiger partial charge in [-0.15, -0.1) is 0 Å². The molecule has 0 aromatic carbocycles. The fourth-order valence-corrected chi connectivity index (χ4v) is 3.48. The summed E-state index contributed by atoms with van der Waals surface area (Å²) in [6, 6.07) is 0.220. The Bertz CT molecular complexity index is 238. The van der Waals surface area contributed by atoms with Crippen molar-refractivity contribution >= 4 is 0 Å². The van der Waals surface area contributed by atoms with E-state index in [1.807, 2.05) is 6.92 Å². The molecule has 1 aliphatic carbocycles. The molecule has 1 unspecified atom stereocenters. The normalized spacial score (nSPS) is 26.3. The molecular weight excluding hydrogens is 230 g/mol. The average Bonchev–Trinajstić information content (AvgIpc) is 2.91. The molecule has 1 atom stereocenters. The van der Waals surface area contributed by atoms with E-state index < -0.39 is 0 Å². The Morgan fingerprint density at radius 2 is 2.00 bits per heavy atom. The number of nitrogens with two attached hydrogens (primary N) is 1. The van der Waals surface area contributed by atoms with Crippen LogP contribution in [0.25, 0.3) is 0 Å². The number of nitrogens with one attached hydrogen (secondary N) is 1. The molecule has 0 aromatic heterocycles. The van der Waals surface area contributed by atoms with Gasteiger partial charge in [-0.1, -0.05) is 12.8 Å². The molecule has 0 amide bonds. The van der Waals surface area contributed by atoms with Crippen molar-refractivity contribution < 1.29 is 9.47 Å². The lowest BCUT2D eigenvalue weighted by atomic mass is 9.86. The molecule has 1 aliphatic heterocycles. The highest BCUT2D eigenvalue weighted by Crippen LogP contribution is 2.38. The fraction of sp³-hybridized carbons (Fsp3) is 1.00. The van der Waals surface area contributed by atoms with Gasteiger partial charge in [-0.2, -0.15) is 0 Å². The summed E-state index contributed by atoms with van der Waals surface area (Å²) in [4.78, 5) is 2.58. The Balaban J connectivity index is 2.07. The molecular formula is C13H27N3O2. The van der Waals surface area contributed by atoms with E-state index in [0.29, 0.717) is 6.61 Å². The Morgan fingerprint density at radius 3 is 2.56 bits per heavy atom. The Morgan fingerprint density at radius 1 is 1.33 bits per heavy atom. The van der Waals surface area contributed by atoms with Gasteiger partial charge >= 0.3 is 0 Å². The van der Waals surface area contributed by atoms with Crippen molar-refractivity contribution in [2.45, 2.75) is 44.2 Å². The van der Waals surface area contributed by atoms with Gasteiger partial charge in [0, 0.05) is 25.2 Å². The predicted molar refractivity (Wildman–Crippen MR) is 71.2 cm³/mol. The first-order chi connectivity index (χ1) is 8.83. The van der Waals surface area contributed by atoms with Crippen LogP contribution in [0.5, 0.6) is 0 Å². The maximum atomic E-state index is 5.80. The van der Waals surface area contributed by atoms with E-state index in [0.717, 1.165) is 32.9 Å². The van der Waals surface area contributed by atoms with Gasteiger partial charge in [-0.3, -0.25) is 16.2 Å². The van der Waals surface area contributed by atoms with Gasteiger partial charge in [0.15, 0.2) is 0 Å². The first-order valence-electron chi connectivity index (χ1n) is 7.20. The van der Waals surface area contributed by atoms with Crippen LogP contribution in [0.4, 0.5) is 0 Å². The van der Waals surface area contributed by atoms with E-state index in [-0.39, 0.29) is 11.6 Å². The minimum absolute atomic E-state index is 0.174. The van der Waals surface area contributed by atoms with Gasteiger partial charge in [-0.05, 0) is 19.8 Å². The lowest BCUT2D eigenvalue weighted by molar-refractivity contribution is -0.0494. The molecule has 3 N–H and O–H groups in total. The molecule has 0 radical (unpaired) electrons. The van der Waals surface area contributed by atoms with Crippen LogP contribution >= 0.6 is 0 Å². The van der Waals surface area contributed by atoms with Crippen molar-refractivity contribution in [2.24, 2.45) is 5.84 Å². The fourth-order valence-electron chi connectivity index (χ4n) is 3.48. The zero-order valence-electron chi connectivity index (χ0n) is 11.5. The second-order valence-corrected chi connectivity index (χ2v) is 5.29. The molecule has 1 heterocycles. The second kappa shape index (κ2) is 6.82. The minimum atomic E-state index is 0.174. The summed E-state index contributed by atoms with van der Waals surface area (Å²) in [5, 5.41) is 0. The van der Waals surface area contributed by atoms with E-state index in [1.165, 1.54) is 25.7 Å². The quantitative estimate of drug-likeness (QED) is 0.536. The van der Waals surface area contributed by atoms with Gasteiger partial charge in [0.1, 0.15) is 0 Å². The van der Waals surface area contributed by atoms with Crippen LogP contribution in [0.1, 0.15) is 32.6 Å². The highest BCUT2D eigenvalue weighted by atomic mass is 16.5. The lowest BCUT2D eigenvalue weighted by Crippen LogP contribution is -2.65. The molecule has 5 nitrogen and oxygen atoms in total. The van der Waals surface area contributed by atoms with Crippen molar-refractivity contribution in [3.05, 3.63) is 0 Å². The third kappa shape index (κ3) is 2.86. The topological polar surface area (TPSA) is 59.8 Å². The third-order valence-electron chi connectivity index (χ3n) is 4.45. The number of morpholine rings is 1. The van der Waals surface area contributed by atoms with Gasteiger partial charge < -0.3 is 9.47 Å². The molecule has 1 saturated carbocycles. The molecule has 2 rings (SSSR count). The van der Waals surface area contributed by atoms with Crippen LogP contribution in [-0.2, 0) is 9.47 Å². The Hall–Kier alpha value is -0.200. The van der Waals surface area contributed by atoms with Crippen molar-refractivity contribution in [1.29, 1.82) is 0 Å². The van der Waals surface area contributed by atoms with Crippen LogP contribution in [0, 0.1) is 0 Å². The maximum Gasteiger partial charge on any atom is 0.0651 e. The molecule has 2 aliphatic rings. The first kappa shape index (κ1) is 14.2. The lowest BCUT2D eigenvalue weighted by Gasteiger charge is -2.47. The van der Waals surface area contributed by atoms with E-state index in [2.05, 4.69) is 10.3 Å². The molecule has 106 valence electrons. The van der Waals surface area contributed by atoms with Crippen LogP contribution in [0.3, 0.4) is 0 Å². The number of nitrogens with zero attached hydrogens (tertiary/aromatic N) is 1. The van der Waals surface area contributed by atoms with E-state index in [9.17, 15) is 0 Å². The summed E-state index contributed by atoms with van der Waals surface area (Å²) in [7, 11) is 0. The molecule has 0 spiro atoms. The van der Waals surface area contributed by atoms with Crippen LogP contribution < -0.4 is 11.3 Å². The van der Waals surface area contributed by atoms with Crippen molar-refractivity contribution in [3.63, 3.8) is 0 Å². The number of ether oxygens (including phenoxy) is 2. The van der Waals surface area contributed by atoms with Crippen molar-refractivity contribution in [3.8, 4) is 0 Å². The summed E-state index contributed by atoms with van der Waals surface area (Å²) in [5.41, 5.74) is 3.18. The monoisotopic (exact) mass is 257 g/mol. The number of hydrogen-bond acceptors (Lipinski definition) is 5. The molecule has 0 bridgehead atoms. The molecule has 0 aromatic rings. The van der Waals surface area contributed by atoms with Gasteiger partial charge in [0.2, 0.25) is 0 Å². The van der Waals surface area contributed by atoms with Crippen molar-refractivity contribution in [1.82, 2.24) is 10.3 Å². The van der Waals surface area contributed by atoms with E-state index >= 15 is 0 Å². The maximum absolute atomic E-state index is 5.80. The van der Waals surface area contributed by atoms with Gasteiger partial charge in [0.05, 0.1) is 25.9 Å². The highest BCUT2D eigenvalue weighted by molar-refractivity contribution is 5.03. The number of hydrogen-bond donors (Lipinski definition) is 2. The second-order valence-electron chi connectivity index (χ2n) is 5.29. The van der Waals surface area contributed by atoms with Crippen molar-refractivity contribution in [2.75, 3.05) is 39.5 Å². The van der Waals surface area contributed by atoms with Crippen LogP contribution in [0.2, 0.25) is 0 Å². The van der Waals surface area contributed by atoms with Gasteiger partial charge in [0.25, 0.3) is 0 Å². The largest absolute Gasteiger partial charge is 0.380 e. The highest BCUT2D eigenvalue weighted by Gasteiger charge is 2.45. The minimum Gasteiger partial charge on any atom is -0.380 e. The number of rotatable bonds is 6. The van der Waals surface area contributed by atoms with Crippen LogP contribution in [-0.4, -0.2) is 56.0 Å². The summed E-state index contributed by atoms with van der Waals surface area (Å²) >= 11 is 0. The summed E-state index contributed by atoms with van der Waals surface area (Å²) < 4.78 is 11.1. The smallest absolute Gasteiger partial charge is 0.0651 e. The standard InChI is InChI=1S/C13H27N3O2/c1-2-17-11-12(15-14)13(5-3-4-6-13)16-7-9-18-10-8-16/h12,15H,2-11,14H2,1H3. The Labute approximate surface area is 110 Å². The SMILES string of the molecule is CCOCC(NN)C1(N2CCOCC2)CCCC1.